The number of fused-ring (bicyclic) bond motifs is 1. The normalized spacial score (nSPS) is 15.2. The predicted octanol–water partition coefficient (Wildman–Crippen LogP) is 3.70. The molecule has 0 saturated heterocycles. The Hall–Kier alpha value is -1.83. The lowest BCUT2D eigenvalue weighted by Gasteiger charge is -2.26. The Morgan fingerprint density at radius 1 is 1.32 bits per heavy atom. The zero-order chi connectivity index (χ0) is 19.9. The topological polar surface area (TPSA) is 58.5 Å². The molecule has 3 rings (SSSR count). The number of hydrogen-bond donors (Lipinski definition) is 2. The summed E-state index contributed by atoms with van der Waals surface area (Å²) in [4.78, 5) is 16.3. The van der Waals surface area contributed by atoms with Crippen molar-refractivity contribution in [3.05, 3.63) is 40.5 Å². The molecule has 2 aromatic heterocycles. The fraction of sp³-hybridized carbons (Fsp3) is 0.571. The fourth-order valence-corrected chi connectivity index (χ4v) is 5.14. The summed E-state index contributed by atoms with van der Waals surface area (Å²) in [6.45, 7) is 11.4. The van der Waals surface area contributed by atoms with Crippen molar-refractivity contribution >= 4 is 17.4 Å². The second kappa shape index (κ2) is 10.1. The average molecular weight is 405 g/mol. The van der Waals surface area contributed by atoms with Gasteiger partial charge in [0.05, 0.1) is 6.04 Å². The molecule has 0 bridgehead atoms. The molecule has 0 saturated carbocycles. The first-order valence-electron chi connectivity index (χ1n) is 10.3. The highest BCUT2D eigenvalue weighted by Crippen LogP contribution is 2.39. The van der Waals surface area contributed by atoms with Crippen LogP contribution in [0.4, 0.5) is 4.79 Å². The van der Waals surface area contributed by atoms with Crippen molar-refractivity contribution in [1.29, 1.82) is 0 Å². The maximum atomic E-state index is 12.4. The van der Waals surface area contributed by atoms with Crippen LogP contribution in [-0.2, 0) is 17.7 Å². The molecule has 0 aliphatic carbocycles. The largest absolute Gasteiger partial charge is 0.382 e. The summed E-state index contributed by atoms with van der Waals surface area (Å²) in [5.41, 5.74) is 2.68. The van der Waals surface area contributed by atoms with Crippen molar-refractivity contribution in [2.45, 2.75) is 46.2 Å². The summed E-state index contributed by atoms with van der Waals surface area (Å²) in [7, 11) is 0. The van der Waals surface area contributed by atoms with E-state index in [2.05, 4.69) is 46.3 Å². The van der Waals surface area contributed by atoms with Gasteiger partial charge in [-0.25, -0.2) is 4.79 Å². The van der Waals surface area contributed by atoms with E-state index in [0.29, 0.717) is 19.8 Å². The number of carbonyl (C=O) groups excluding carboxylic acids is 1. The Balaban J connectivity index is 1.73. The van der Waals surface area contributed by atoms with Crippen LogP contribution in [0, 0.1) is 0 Å². The molecule has 0 aromatic carbocycles. The van der Waals surface area contributed by atoms with E-state index in [1.54, 1.807) is 0 Å². The first-order valence-corrected chi connectivity index (χ1v) is 11.1. The molecular formula is C21H32N4O2S. The minimum atomic E-state index is -0.117. The van der Waals surface area contributed by atoms with Gasteiger partial charge in [0.15, 0.2) is 0 Å². The molecule has 2 N–H and O–H groups in total. The van der Waals surface area contributed by atoms with Crippen LogP contribution >= 0.6 is 11.3 Å². The number of ether oxygens (including phenoxy) is 1. The Bertz CT molecular complexity index is 757. The first-order chi connectivity index (χ1) is 13.6. The lowest BCUT2D eigenvalue weighted by molar-refractivity contribution is 0.145. The highest BCUT2D eigenvalue weighted by atomic mass is 32.1. The van der Waals surface area contributed by atoms with Crippen molar-refractivity contribution in [3.63, 3.8) is 0 Å². The molecule has 1 atom stereocenters. The lowest BCUT2D eigenvalue weighted by Crippen LogP contribution is -2.38. The van der Waals surface area contributed by atoms with Crippen LogP contribution in [0.25, 0.3) is 5.00 Å². The van der Waals surface area contributed by atoms with Gasteiger partial charge in [-0.2, -0.15) is 0 Å². The number of amides is 2. The van der Waals surface area contributed by atoms with Gasteiger partial charge in [0.2, 0.25) is 0 Å². The maximum Gasteiger partial charge on any atom is 0.315 e. The van der Waals surface area contributed by atoms with Crippen LogP contribution in [0.1, 0.15) is 49.2 Å². The third-order valence-corrected chi connectivity index (χ3v) is 6.43. The third-order valence-electron chi connectivity index (χ3n) is 5.18. The van der Waals surface area contributed by atoms with Gasteiger partial charge >= 0.3 is 6.03 Å². The zero-order valence-corrected chi connectivity index (χ0v) is 18.0. The van der Waals surface area contributed by atoms with Crippen LogP contribution in [-0.4, -0.2) is 48.3 Å². The number of thiophene rings is 1. The summed E-state index contributed by atoms with van der Waals surface area (Å²) in [6, 6.07) is 3.93. The minimum absolute atomic E-state index is 0.0440. The number of likely N-dealkylation sites (N-methyl/N-ethyl adjacent to an activating group) is 1. The monoisotopic (exact) mass is 404 g/mol. The van der Waals surface area contributed by atoms with Gasteiger partial charge in [0, 0.05) is 55.7 Å². The van der Waals surface area contributed by atoms with Crippen LogP contribution in [0.5, 0.6) is 0 Å². The van der Waals surface area contributed by atoms with Crippen LogP contribution in [0.2, 0.25) is 0 Å². The minimum Gasteiger partial charge on any atom is -0.382 e. The van der Waals surface area contributed by atoms with Gasteiger partial charge < -0.3 is 19.9 Å². The zero-order valence-electron chi connectivity index (χ0n) is 17.2. The van der Waals surface area contributed by atoms with Crippen molar-refractivity contribution in [3.8, 4) is 5.00 Å². The molecular weight excluding hydrogens is 372 g/mol. The highest BCUT2D eigenvalue weighted by molar-refractivity contribution is 7.15. The molecule has 0 radical (unpaired) electrons. The summed E-state index contributed by atoms with van der Waals surface area (Å²) in [5, 5.41) is 7.30. The summed E-state index contributed by atoms with van der Waals surface area (Å²) < 4.78 is 7.49. The Morgan fingerprint density at radius 2 is 2.11 bits per heavy atom. The standard InChI is InChI=1S/C21H32N4O2S/c1-4-24-13-9-17-18(15-24)28-20(25-11-6-7-12-25)19(17)16(3)23-21(26)22-10-8-14-27-5-2/h6-7,11-12,16H,4-5,8-10,13-15H2,1-3H3,(H2,22,23,26)/t16-/m0/s1. The number of urea groups is 1. The third kappa shape index (κ3) is 4.96. The molecule has 3 heterocycles. The van der Waals surface area contributed by atoms with Crippen LogP contribution in [0.15, 0.2) is 24.5 Å². The van der Waals surface area contributed by atoms with Crippen molar-refractivity contribution in [2.24, 2.45) is 0 Å². The molecule has 0 unspecified atom stereocenters. The number of rotatable bonds is 9. The molecule has 6 nitrogen and oxygen atoms in total. The molecule has 0 spiro atoms. The molecule has 28 heavy (non-hydrogen) atoms. The molecule has 2 amide bonds. The van der Waals surface area contributed by atoms with E-state index in [1.165, 1.54) is 21.0 Å². The lowest BCUT2D eigenvalue weighted by atomic mass is 9.98. The highest BCUT2D eigenvalue weighted by Gasteiger charge is 2.27. The Labute approximate surface area is 171 Å². The van der Waals surface area contributed by atoms with Gasteiger partial charge in [0.1, 0.15) is 5.00 Å². The first kappa shape index (κ1) is 20.9. The number of nitrogens with zero attached hydrogens (tertiary/aromatic N) is 2. The van der Waals surface area contributed by atoms with Gasteiger partial charge in [-0.1, -0.05) is 6.92 Å². The van der Waals surface area contributed by atoms with Crippen molar-refractivity contribution in [1.82, 2.24) is 20.1 Å². The van der Waals surface area contributed by atoms with Crippen molar-refractivity contribution < 1.29 is 9.53 Å². The Morgan fingerprint density at radius 3 is 2.82 bits per heavy atom. The van der Waals surface area contributed by atoms with E-state index >= 15 is 0 Å². The van der Waals surface area contributed by atoms with Crippen LogP contribution in [0.3, 0.4) is 0 Å². The fourth-order valence-electron chi connectivity index (χ4n) is 3.68. The molecule has 2 aromatic rings. The average Bonchev–Trinajstić information content (AvgIpc) is 3.34. The molecule has 1 aliphatic rings. The summed E-state index contributed by atoms with van der Waals surface area (Å²) in [5.74, 6) is 0. The van der Waals surface area contributed by atoms with E-state index in [1.807, 2.05) is 30.4 Å². The van der Waals surface area contributed by atoms with Gasteiger partial charge in [-0.05, 0) is 50.9 Å². The van der Waals surface area contributed by atoms with Gasteiger partial charge in [-0.3, -0.25) is 4.90 Å². The number of aromatic nitrogens is 1. The van der Waals surface area contributed by atoms with Crippen LogP contribution < -0.4 is 10.6 Å². The second-order valence-corrected chi connectivity index (χ2v) is 8.19. The maximum absolute atomic E-state index is 12.4. The number of carbonyl (C=O) groups is 1. The summed E-state index contributed by atoms with van der Waals surface area (Å²) in [6.07, 6.45) is 6.03. The SMILES string of the molecule is CCOCCCNC(=O)N[C@@H](C)c1c(-n2cccc2)sc2c1CCN(CC)C2. The van der Waals surface area contributed by atoms with E-state index in [-0.39, 0.29) is 12.1 Å². The summed E-state index contributed by atoms with van der Waals surface area (Å²) >= 11 is 1.85. The van der Waals surface area contributed by atoms with Gasteiger partial charge in [0.25, 0.3) is 0 Å². The van der Waals surface area contributed by atoms with E-state index in [9.17, 15) is 4.79 Å². The Kier molecular flexibility index (Phi) is 7.53. The second-order valence-electron chi connectivity index (χ2n) is 7.10. The molecule has 0 fully saturated rings. The molecule has 1 aliphatic heterocycles. The smallest absolute Gasteiger partial charge is 0.315 e. The van der Waals surface area contributed by atoms with E-state index in [0.717, 1.165) is 32.5 Å². The van der Waals surface area contributed by atoms with Gasteiger partial charge in [-0.15, -0.1) is 11.3 Å². The van der Waals surface area contributed by atoms with E-state index in [4.69, 9.17) is 4.74 Å². The molecule has 154 valence electrons. The quantitative estimate of drug-likeness (QED) is 0.627. The van der Waals surface area contributed by atoms with E-state index < -0.39 is 0 Å². The molecule has 7 heteroatoms. The predicted molar refractivity (Wildman–Crippen MR) is 114 cm³/mol. The van der Waals surface area contributed by atoms with Crippen molar-refractivity contribution in [2.75, 3.05) is 32.8 Å². The number of hydrogen-bond acceptors (Lipinski definition) is 4. The number of nitrogens with one attached hydrogen (secondary N) is 2.